The van der Waals surface area contributed by atoms with Crippen molar-refractivity contribution in [2.75, 3.05) is 36.6 Å². The van der Waals surface area contributed by atoms with Crippen molar-refractivity contribution in [1.29, 1.82) is 5.26 Å². The third kappa shape index (κ3) is 4.71. The highest BCUT2D eigenvalue weighted by Gasteiger charge is 2.37. The molecular weight excluding hydrogens is 382 g/mol. The molecular formula is C23H25N3O4. The minimum absolute atomic E-state index is 0.103. The Morgan fingerprint density at radius 2 is 2.00 bits per heavy atom. The summed E-state index contributed by atoms with van der Waals surface area (Å²) < 4.78 is 10.7. The number of methoxy groups -OCH3 is 1. The highest BCUT2D eigenvalue weighted by molar-refractivity contribution is 6.04. The van der Waals surface area contributed by atoms with Crippen LogP contribution in [0, 0.1) is 17.2 Å². The van der Waals surface area contributed by atoms with E-state index in [4.69, 9.17) is 14.7 Å². The predicted molar refractivity (Wildman–Crippen MR) is 114 cm³/mol. The van der Waals surface area contributed by atoms with Gasteiger partial charge in [0.05, 0.1) is 32.1 Å². The van der Waals surface area contributed by atoms with Crippen molar-refractivity contribution in [3.63, 3.8) is 0 Å². The maximum Gasteiger partial charge on any atom is 0.232 e. The van der Waals surface area contributed by atoms with Gasteiger partial charge in [0.1, 0.15) is 11.5 Å². The topological polar surface area (TPSA) is 82.9 Å². The summed E-state index contributed by atoms with van der Waals surface area (Å²) in [5.74, 6) is 0.630. The van der Waals surface area contributed by atoms with E-state index >= 15 is 0 Å². The van der Waals surface area contributed by atoms with E-state index in [0.717, 1.165) is 0 Å². The van der Waals surface area contributed by atoms with Crippen molar-refractivity contribution < 1.29 is 19.1 Å². The van der Waals surface area contributed by atoms with Crippen LogP contribution in [0.1, 0.15) is 19.8 Å². The molecule has 1 fully saturated rings. The molecule has 2 aromatic rings. The fourth-order valence-electron chi connectivity index (χ4n) is 3.54. The molecule has 156 valence electrons. The lowest BCUT2D eigenvalue weighted by Crippen LogP contribution is -2.38. The molecule has 0 bridgehead atoms. The van der Waals surface area contributed by atoms with Crippen LogP contribution in [0.15, 0.2) is 48.5 Å². The summed E-state index contributed by atoms with van der Waals surface area (Å²) in [5, 5.41) is 9.02. The van der Waals surface area contributed by atoms with Crippen molar-refractivity contribution in [1.82, 2.24) is 0 Å². The number of anilines is 2. The Kier molecular flexibility index (Phi) is 6.91. The number of rotatable bonds is 8. The second-order valence-electron chi connectivity index (χ2n) is 6.93. The Morgan fingerprint density at radius 1 is 1.23 bits per heavy atom. The molecule has 7 nitrogen and oxygen atoms in total. The molecule has 1 heterocycles. The minimum Gasteiger partial charge on any atom is -0.497 e. The maximum atomic E-state index is 13.3. The van der Waals surface area contributed by atoms with E-state index in [-0.39, 0.29) is 31.2 Å². The third-order valence-corrected chi connectivity index (χ3v) is 5.01. The van der Waals surface area contributed by atoms with Gasteiger partial charge in [0.15, 0.2) is 0 Å². The van der Waals surface area contributed by atoms with Crippen molar-refractivity contribution in [3.05, 3.63) is 48.5 Å². The molecule has 0 spiro atoms. The van der Waals surface area contributed by atoms with Crippen molar-refractivity contribution in [2.45, 2.75) is 19.8 Å². The van der Waals surface area contributed by atoms with Crippen LogP contribution in [0.3, 0.4) is 0 Å². The fraction of sp³-hybridized carbons (Fsp3) is 0.348. The van der Waals surface area contributed by atoms with E-state index in [0.29, 0.717) is 36.0 Å². The van der Waals surface area contributed by atoms with Crippen LogP contribution in [0.25, 0.3) is 0 Å². The summed E-state index contributed by atoms with van der Waals surface area (Å²) in [4.78, 5) is 29.1. The lowest BCUT2D eigenvalue weighted by atomic mass is 10.1. The van der Waals surface area contributed by atoms with Crippen molar-refractivity contribution >= 4 is 23.2 Å². The van der Waals surface area contributed by atoms with Crippen molar-refractivity contribution in [2.24, 2.45) is 5.92 Å². The smallest absolute Gasteiger partial charge is 0.232 e. The second-order valence-corrected chi connectivity index (χ2v) is 6.93. The van der Waals surface area contributed by atoms with Gasteiger partial charge in [-0.1, -0.05) is 6.07 Å². The molecule has 0 aromatic heterocycles. The summed E-state index contributed by atoms with van der Waals surface area (Å²) in [7, 11) is 1.57. The zero-order chi connectivity index (χ0) is 21.5. The van der Waals surface area contributed by atoms with E-state index in [2.05, 4.69) is 6.07 Å². The Labute approximate surface area is 176 Å². The van der Waals surface area contributed by atoms with Crippen LogP contribution in [-0.2, 0) is 9.59 Å². The normalized spacial score (nSPS) is 15.6. The van der Waals surface area contributed by atoms with Crippen LogP contribution in [0.5, 0.6) is 11.5 Å². The quantitative estimate of drug-likeness (QED) is 0.670. The Hall–Kier alpha value is -3.53. The van der Waals surface area contributed by atoms with Crippen LogP contribution in [0.2, 0.25) is 0 Å². The van der Waals surface area contributed by atoms with Gasteiger partial charge in [0.25, 0.3) is 0 Å². The number of nitrogens with zero attached hydrogens (tertiary/aromatic N) is 3. The van der Waals surface area contributed by atoms with Gasteiger partial charge >= 0.3 is 0 Å². The second kappa shape index (κ2) is 9.79. The molecule has 0 saturated carbocycles. The van der Waals surface area contributed by atoms with Crippen molar-refractivity contribution in [3.8, 4) is 17.6 Å². The average Bonchev–Trinajstić information content (AvgIpc) is 3.17. The number of ether oxygens (including phenoxy) is 2. The molecule has 3 rings (SSSR count). The number of nitriles is 1. The molecule has 30 heavy (non-hydrogen) atoms. The van der Waals surface area contributed by atoms with E-state index in [1.807, 2.05) is 25.1 Å². The molecule has 1 atom stereocenters. The van der Waals surface area contributed by atoms with Crippen LogP contribution >= 0.6 is 0 Å². The highest BCUT2D eigenvalue weighted by Crippen LogP contribution is 2.30. The largest absolute Gasteiger partial charge is 0.497 e. The zero-order valence-corrected chi connectivity index (χ0v) is 17.2. The summed E-state index contributed by atoms with van der Waals surface area (Å²) in [6, 6.07) is 16.5. The molecule has 1 unspecified atom stereocenters. The van der Waals surface area contributed by atoms with E-state index < -0.39 is 5.92 Å². The van der Waals surface area contributed by atoms with Gasteiger partial charge in [0.2, 0.25) is 11.8 Å². The first-order chi connectivity index (χ1) is 14.6. The van der Waals surface area contributed by atoms with Gasteiger partial charge in [-0.15, -0.1) is 0 Å². The predicted octanol–water partition coefficient (Wildman–Crippen LogP) is 3.39. The highest BCUT2D eigenvalue weighted by atomic mass is 16.5. The molecule has 7 heteroatoms. The first kappa shape index (κ1) is 21.2. The van der Waals surface area contributed by atoms with Crippen LogP contribution in [-0.4, -0.2) is 38.6 Å². The SMILES string of the molecule is CCOc1ccc(N(CCC#N)C(=O)C2CC(=O)N(c3cccc(OC)c3)C2)cc1. The first-order valence-corrected chi connectivity index (χ1v) is 9.93. The van der Waals surface area contributed by atoms with Crippen LogP contribution in [0.4, 0.5) is 11.4 Å². The van der Waals surface area contributed by atoms with E-state index in [9.17, 15) is 9.59 Å². The Morgan fingerprint density at radius 3 is 2.67 bits per heavy atom. The zero-order valence-electron chi connectivity index (χ0n) is 17.2. The third-order valence-electron chi connectivity index (χ3n) is 5.01. The standard InChI is InChI=1S/C23H25N3O4/c1-3-30-20-10-8-18(9-11-20)25(13-5-12-24)23(28)17-14-22(27)26(16-17)19-6-4-7-21(15-19)29-2/h4,6-11,15,17H,3,5,13-14,16H2,1-2H3. The molecule has 0 N–H and O–H groups in total. The molecule has 1 aliphatic rings. The number of hydrogen-bond donors (Lipinski definition) is 0. The van der Waals surface area contributed by atoms with Crippen LogP contribution < -0.4 is 19.3 Å². The summed E-state index contributed by atoms with van der Waals surface area (Å²) in [6.45, 7) is 3.03. The monoisotopic (exact) mass is 407 g/mol. The lowest BCUT2D eigenvalue weighted by molar-refractivity contribution is -0.124. The molecule has 2 amide bonds. The maximum absolute atomic E-state index is 13.3. The Bertz CT molecular complexity index is 936. The minimum atomic E-state index is -0.478. The fourth-order valence-corrected chi connectivity index (χ4v) is 3.54. The number of benzene rings is 2. The molecule has 0 aliphatic carbocycles. The lowest BCUT2D eigenvalue weighted by Gasteiger charge is -2.25. The van der Waals surface area contributed by atoms with Gasteiger partial charge in [-0.3, -0.25) is 9.59 Å². The van der Waals surface area contributed by atoms with Gasteiger partial charge in [-0.2, -0.15) is 5.26 Å². The summed E-state index contributed by atoms with van der Waals surface area (Å²) in [6.07, 6.45) is 0.343. The van der Waals surface area contributed by atoms with Gasteiger partial charge in [-0.05, 0) is 43.3 Å². The Balaban J connectivity index is 1.79. The summed E-state index contributed by atoms with van der Waals surface area (Å²) >= 11 is 0. The average molecular weight is 407 g/mol. The van der Waals surface area contributed by atoms with E-state index in [1.54, 1.807) is 47.2 Å². The van der Waals surface area contributed by atoms with Gasteiger partial charge in [0, 0.05) is 37.0 Å². The number of carbonyl (C=O) groups excluding carboxylic acids is 2. The molecule has 0 radical (unpaired) electrons. The van der Waals surface area contributed by atoms with Gasteiger partial charge < -0.3 is 19.3 Å². The number of hydrogen-bond acceptors (Lipinski definition) is 5. The first-order valence-electron chi connectivity index (χ1n) is 9.93. The molecule has 1 aliphatic heterocycles. The number of amides is 2. The summed E-state index contributed by atoms with van der Waals surface area (Å²) in [5.41, 5.74) is 1.39. The van der Waals surface area contributed by atoms with Gasteiger partial charge in [-0.25, -0.2) is 0 Å². The van der Waals surface area contributed by atoms with E-state index in [1.165, 1.54) is 0 Å². The molecule has 1 saturated heterocycles. The number of carbonyl (C=O) groups is 2. The molecule has 2 aromatic carbocycles.